The third kappa shape index (κ3) is 2.31. The second kappa shape index (κ2) is 4.61. The number of rotatable bonds is 2. The zero-order valence-electron chi connectivity index (χ0n) is 7.75. The van der Waals surface area contributed by atoms with Crippen LogP contribution in [0.25, 0.3) is 0 Å². The largest absolute Gasteiger partial charge is 0.396 e. The Morgan fingerprint density at radius 1 is 1.50 bits per heavy atom. The van der Waals surface area contributed by atoms with E-state index in [0.717, 1.165) is 25.7 Å². The lowest BCUT2D eigenvalue weighted by molar-refractivity contribution is -0.124. The zero-order chi connectivity index (χ0) is 8.97. The molecular weight excluding hydrogens is 152 g/mol. The molecule has 1 N–H and O–H groups in total. The van der Waals surface area contributed by atoms with E-state index >= 15 is 0 Å². The normalized spacial score (nSPS) is 28.2. The van der Waals surface area contributed by atoms with Crippen LogP contribution in [0.3, 0.4) is 0 Å². The zero-order valence-corrected chi connectivity index (χ0v) is 7.75. The molecule has 70 valence electrons. The molecule has 2 nitrogen and oxygen atoms in total. The summed E-state index contributed by atoms with van der Waals surface area (Å²) in [6.07, 6.45) is 5.10. The van der Waals surface area contributed by atoms with Gasteiger partial charge >= 0.3 is 0 Å². The van der Waals surface area contributed by atoms with Gasteiger partial charge in [-0.15, -0.1) is 0 Å². The van der Waals surface area contributed by atoms with E-state index < -0.39 is 0 Å². The van der Waals surface area contributed by atoms with Crippen molar-refractivity contribution in [1.82, 2.24) is 0 Å². The lowest BCUT2D eigenvalue weighted by Crippen LogP contribution is -2.23. The number of carbonyl (C=O) groups excluding carboxylic acids is 1. The molecule has 2 atom stereocenters. The summed E-state index contributed by atoms with van der Waals surface area (Å²) < 4.78 is 0. The smallest absolute Gasteiger partial charge is 0.136 e. The molecule has 0 radical (unpaired) electrons. The first-order valence-electron chi connectivity index (χ1n) is 4.89. The van der Waals surface area contributed by atoms with Crippen LogP contribution in [0.15, 0.2) is 0 Å². The van der Waals surface area contributed by atoms with Crippen molar-refractivity contribution >= 4 is 5.78 Å². The molecule has 1 aliphatic rings. The Balaban J connectivity index is 2.52. The molecule has 0 aromatic heterocycles. The van der Waals surface area contributed by atoms with Gasteiger partial charge in [-0.25, -0.2) is 0 Å². The lowest BCUT2D eigenvalue weighted by atomic mass is 9.87. The van der Waals surface area contributed by atoms with E-state index in [1.54, 1.807) is 0 Å². The van der Waals surface area contributed by atoms with Crippen LogP contribution >= 0.6 is 0 Å². The van der Waals surface area contributed by atoms with Gasteiger partial charge in [0.15, 0.2) is 0 Å². The van der Waals surface area contributed by atoms with Crippen LogP contribution in [0.4, 0.5) is 0 Å². The number of hydrogen-bond acceptors (Lipinski definition) is 2. The Bertz CT molecular complexity index is 154. The third-order valence-corrected chi connectivity index (χ3v) is 2.83. The molecule has 0 heterocycles. The van der Waals surface area contributed by atoms with Crippen LogP contribution < -0.4 is 0 Å². The molecule has 1 aliphatic carbocycles. The molecule has 2 heteroatoms. The minimum atomic E-state index is 0.137. The van der Waals surface area contributed by atoms with Gasteiger partial charge in [0.2, 0.25) is 0 Å². The first kappa shape index (κ1) is 9.72. The molecular formula is C10H18O2. The van der Waals surface area contributed by atoms with Crippen LogP contribution in [-0.4, -0.2) is 17.5 Å². The fourth-order valence-electron chi connectivity index (χ4n) is 1.92. The second-order valence-corrected chi connectivity index (χ2v) is 3.83. The SMILES string of the molecule is CC(CO)C1CCCCCC1=O. The van der Waals surface area contributed by atoms with Crippen LogP contribution in [0.5, 0.6) is 0 Å². The molecule has 12 heavy (non-hydrogen) atoms. The van der Waals surface area contributed by atoms with Gasteiger partial charge in [0.25, 0.3) is 0 Å². The fourth-order valence-corrected chi connectivity index (χ4v) is 1.92. The molecule has 1 fully saturated rings. The van der Waals surface area contributed by atoms with Gasteiger partial charge in [0.05, 0.1) is 0 Å². The summed E-state index contributed by atoms with van der Waals surface area (Å²) in [5.74, 6) is 0.669. The van der Waals surface area contributed by atoms with Crippen molar-refractivity contribution in [3.63, 3.8) is 0 Å². The highest BCUT2D eigenvalue weighted by Gasteiger charge is 2.25. The molecule has 0 bridgehead atoms. The van der Waals surface area contributed by atoms with Gasteiger partial charge in [0.1, 0.15) is 5.78 Å². The van der Waals surface area contributed by atoms with E-state index in [2.05, 4.69) is 0 Å². The van der Waals surface area contributed by atoms with Crippen molar-refractivity contribution in [2.45, 2.75) is 39.0 Å². The van der Waals surface area contributed by atoms with Gasteiger partial charge in [-0.05, 0) is 18.8 Å². The first-order valence-corrected chi connectivity index (χ1v) is 4.89. The second-order valence-electron chi connectivity index (χ2n) is 3.83. The summed E-state index contributed by atoms with van der Waals surface area (Å²) in [5, 5.41) is 8.94. The van der Waals surface area contributed by atoms with E-state index in [1.165, 1.54) is 6.42 Å². The van der Waals surface area contributed by atoms with E-state index in [0.29, 0.717) is 5.78 Å². The quantitative estimate of drug-likeness (QED) is 0.641. The number of aliphatic hydroxyl groups excluding tert-OH is 1. The molecule has 0 amide bonds. The van der Waals surface area contributed by atoms with E-state index in [4.69, 9.17) is 5.11 Å². The van der Waals surface area contributed by atoms with Gasteiger partial charge in [-0.3, -0.25) is 4.79 Å². The third-order valence-electron chi connectivity index (χ3n) is 2.83. The lowest BCUT2D eigenvalue weighted by Gasteiger charge is -2.18. The number of aliphatic hydroxyl groups is 1. The summed E-state index contributed by atoms with van der Waals surface area (Å²) in [6.45, 7) is 2.12. The highest BCUT2D eigenvalue weighted by Crippen LogP contribution is 2.25. The van der Waals surface area contributed by atoms with Gasteiger partial charge < -0.3 is 5.11 Å². The van der Waals surface area contributed by atoms with Gasteiger partial charge in [-0.2, -0.15) is 0 Å². The number of ketones is 1. The van der Waals surface area contributed by atoms with Crippen LogP contribution in [0, 0.1) is 11.8 Å². The number of carbonyl (C=O) groups is 1. The van der Waals surface area contributed by atoms with Crippen molar-refractivity contribution in [3.05, 3.63) is 0 Å². The minimum Gasteiger partial charge on any atom is -0.396 e. The maximum absolute atomic E-state index is 11.5. The maximum atomic E-state index is 11.5. The Hall–Kier alpha value is -0.370. The Morgan fingerprint density at radius 3 is 2.92 bits per heavy atom. The predicted octanol–water partition coefficient (Wildman–Crippen LogP) is 1.76. The van der Waals surface area contributed by atoms with E-state index in [-0.39, 0.29) is 18.4 Å². The van der Waals surface area contributed by atoms with Crippen LogP contribution in [-0.2, 0) is 4.79 Å². The fraction of sp³-hybridized carbons (Fsp3) is 0.900. The molecule has 0 spiro atoms. The monoisotopic (exact) mass is 170 g/mol. The average molecular weight is 170 g/mol. The molecule has 1 saturated carbocycles. The predicted molar refractivity (Wildman–Crippen MR) is 47.8 cm³/mol. The Kier molecular flexibility index (Phi) is 3.73. The highest BCUT2D eigenvalue weighted by atomic mass is 16.3. The van der Waals surface area contributed by atoms with Crippen LogP contribution in [0.2, 0.25) is 0 Å². The van der Waals surface area contributed by atoms with Gasteiger partial charge in [-0.1, -0.05) is 19.8 Å². The minimum absolute atomic E-state index is 0.137. The van der Waals surface area contributed by atoms with Crippen molar-refractivity contribution < 1.29 is 9.90 Å². The standard InChI is InChI=1S/C10H18O2/c1-8(7-11)9-5-3-2-4-6-10(9)12/h8-9,11H,2-7H2,1H3. The summed E-state index contributed by atoms with van der Waals surface area (Å²) >= 11 is 0. The summed E-state index contributed by atoms with van der Waals surface area (Å²) in [5.41, 5.74) is 0. The van der Waals surface area contributed by atoms with Gasteiger partial charge in [0, 0.05) is 18.9 Å². The van der Waals surface area contributed by atoms with Crippen molar-refractivity contribution in [1.29, 1.82) is 0 Å². The molecule has 2 unspecified atom stereocenters. The van der Waals surface area contributed by atoms with E-state index in [1.807, 2.05) is 6.92 Å². The Morgan fingerprint density at radius 2 is 2.25 bits per heavy atom. The Labute approximate surface area is 74.0 Å². The van der Waals surface area contributed by atoms with Crippen LogP contribution in [0.1, 0.15) is 39.0 Å². The topological polar surface area (TPSA) is 37.3 Å². The highest BCUT2D eigenvalue weighted by molar-refractivity contribution is 5.81. The molecule has 0 saturated heterocycles. The van der Waals surface area contributed by atoms with Crippen molar-refractivity contribution in [2.24, 2.45) is 11.8 Å². The van der Waals surface area contributed by atoms with E-state index in [9.17, 15) is 4.79 Å². The van der Waals surface area contributed by atoms with Crippen molar-refractivity contribution in [3.8, 4) is 0 Å². The summed E-state index contributed by atoms with van der Waals surface area (Å²) in [7, 11) is 0. The maximum Gasteiger partial charge on any atom is 0.136 e. The number of hydrogen-bond donors (Lipinski definition) is 1. The number of Topliss-reactive ketones (excluding diaryl/α,β-unsaturated/α-hetero) is 1. The molecule has 1 rings (SSSR count). The molecule has 0 aromatic carbocycles. The first-order chi connectivity index (χ1) is 5.75. The molecule has 0 aromatic rings. The summed E-state index contributed by atoms with van der Waals surface area (Å²) in [6, 6.07) is 0. The average Bonchev–Trinajstić information content (AvgIpc) is 2.28. The molecule has 0 aliphatic heterocycles. The van der Waals surface area contributed by atoms with Crippen molar-refractivity contribution in [2.75, 3.05) is 6.61 Å². The summed E-state index contributed by atoms with van der Waals surface area (Å²) in [4.78, 5) is 11.5.